The molecule has 0 fully saturated rings. The van der Waals surface area contributed by atoms with E-state index in [2.05, 4.69) is 15.9 Å². The Hall–Kier alpha value is -0.480. The van der Waals surface area contributed by atoms with Gasteiger partial charge in [0.05, 0.1) is 12.3 Å². The summed E-state index contributed by atoms with van der Waals surface area (Å²) in [7, 11) is 0. The third kappa shape index (κ3) is 2.28. The van der Waals surface area contributed by atoms with E-state index in [0.29, 0.717) is 14.7 Å². The molecule has 2 rings (SSSR count). The van der Waals surface area contributed by atoms with Gasteiger partial charge in [-0.1, -0.05) is 23.2 Å². The van der Waals surface area contributed by atoms with Crippen LogP contribution in [0.5, 0.6) is 0 Å². The molecule has 16 heavy (non-hydrogen) atoms. The van der Waals surface area contributed by atoms with Crippen LogP contribution in [0.25, 0.3) is 0 Å². The maximum Gasteiger partial charge on any atom is 0.174 e. The smallest absolute Gasteiger partial charge is 0.174 e. The van der Waals surface area contributed by atoms with Crippen molar-refractivity contribution in [3.8, 4) is 0 Å². The van der Waals surface area contributed by atoms with Gasteiger partial charge in [-0.2, -0.15) is 0 Å². The third-order valence-electron chi connectivity index (χ3n) is 2.27. The van der Waals surface area contributed by atoms with Crippen molar-refractivity contribution in [2.75, 3.05) is 0 Å². The summed E-state index contributed by atoms with van der Waals surface area (Å²) in [6.45, 7) is 0. The molecule has 1 unspecified atom stereocenters. The highest BCUT2D eigenvalue weighted by Gasteiger charge is 2.17. The minimum atomic E-state index is -0.362. The van der Waals surface area contributed by atoms with Crippen LogP contribution in [0.1, 0.15) is 17.2 Å². The van der Waals surface area contributed by atoms with Crippen LogP contribution >= 0.6 is 39.1 Å². The SMILES string of the molecule is NC(c1cc(Cl)ccc1Cl)c1ccoc1Br. The second-order valence-electron chi connectivity index (χ2n) is 3.29. The summed E-state index contributed by atoms with van der Waals surface area (Å²) >= 11 is 15.3. The summed E-state index contributed by atoms with van der Waals surface area (Å²) in [6, 6.07) is 6.65. The number of nitrogens with two attached hydrogens (primary N) is 1. The summed E-state index contributed by atoms with van der Waals surface area (Å²) in [5.74, 6) is 0. The van der Waals surface area contributed by atoms with E-state index in [4.69, 9.17) is 33.4 Å². The lowest BCUT2D eigenvalue weighted by Crippen LogP contribution is -2.12. The standard InChI is InChI=1S/C11H8BrCl2NO/c12-11-7(3-4-16-11)10(15)8-5-6(13)1-2-9(8)14/h1-5,10H,15H2. The molecule has 5 heteroatoms. The van der Waals surface area contributed by atoms with E-state index >= 15 is 0 Å². The van der Waals surface area contributed by atoms with Gasteiger partial charge in [0, 0.05) is 15.6 Å². The van der Waals surface area contributed by atoms with Crippen LogP contribution in [-0.4, -0.2) is 0 Å². The molecule has 1 aromatic heterocycles. The molecule has 1 atom stereocenters. The minimum Gasteiger partial charge on any atom is -0.457 e. The maximum absolute atomic E-state index is 6.10. The molecule has 0 aliphatic heterocycles. The highest BCUT2D eigenvalue weighted by Crippen LogP contribution is 2.32. The van der Waals surface area contributed by atoms with Gasteiger partial charge in [0.15, 0.2) is 4.67 Å². The first-order valence-electron chi connectivity index (χ1n) is 4.53. The lowest BCUT2D eigenvalue weighted by molar-refractivity contribution is 0.534. The number of hydrogen-bond donors (Lipinski definition) is 1. The monoisotopic (exact) mass is 319 g/mol. The van der Waals surface area contributed by atoms with Crippen LogP contribution in [0.2, 0.25) is 10.0 Å². The van der Waals surface area contributed by atoms with Crippen molar-refractivity contribution in [1.29, 1.82) is 0 Å². The Labute approximate surface area is 111 Å². The molecular weight excluding hydrogens is 313 g/mol. The molecule has 0 bridgehead atoms. The lowest BCUT2D eigenvalue weighted by Gasteiger charge is -2.12. The topological polar surface area (TPSA) is 39.2 Å². The van der Waals surface area contributed by atoms with Crippen LogP contribution < -0.4 is 5.73 Å². The quantitative estimate of drug-likeness (QED) is 0.891. The van der Waals surface area contributed by atoms with Gasteiger partial charge in [-0.05, 0) is 45.8 Å². The van der Waals surface area contributed by atoms with Crippen LogP contribution in [0, 0.1) is 0 Å². The van der Waals surface area contributed by atoms with Gasteiger partial charge >= 0.3 is 0 Å². The molecule has 0 amide bonds. The lowest BCUT2D eigenvalue weighted by atomic mass is 10.0. The zero-order chi connectivity index (χ0) is 11.7. The van der Waals surface area contributed by atoms with Gasteiger partial charge in [0.25, 0.3) is 0 Å². The molecule has 84 valence electrons. The first-order chi connectivity index (χ1) is 7.59. The average Bonchev–Trinajstić information content (AvgIpc) is 2.67. The molecule has 0 aliphatic rings. The predicted molar refractivity (Wildman–Crippen MR) is 68.9 cm³/mol. The number of hydrogen-bond acceptors (Lipinski definition) is 2. The van der Waals surface area contributed by atoms with Crippen molar-refractivity contribution in [1.82, 2.24) is 0 Å². The molecule has 1 heterocycles. The van der Waals surface area contributed by atoms with Crippen molar-refractivity contribution in [2.24, 2.45) is 5.73 Å². The zero-order valence-corrected chi connectivity index (χ0v) is 11.2. The number of furan rings is 1. The molecule has 0 aliphatic carbocycles. The molecular formula is C11H8BrCl2NO. The van der Waals surface area contributed by atoms with E-state index < -0.39 is 0 Å². The van der Waals surface area contributed by atoms with E-state index in [-0.39, 0.29) is 6.04 Å². The fourth-order valence-electron chi connectivity index (χ4n) is 1.45. The largest absolute Gasteiger partial charge is 0.457 e. The highest BCUT2D eigenvalue weighted by molar-refractivity contribution is 9.10. The third-order valence-corrected chi connectivity index (χ3v) is 3.50. The zero-order valence-electron chi connectivity index (χ0n) is 8.08. The Kier molecular flexibility index (Phi) is 3.60. The molecule has 2 N–H and O–H groups in total. The van der Waals surface area contributed by atoms with Gasteiger partial charge < -0.3 is 10.2 Å². The molecule has 2 aromatic rings. The first-order valence-corrected chi connectivity index (χ1v) is 6.08. The highest BCUT2D eigenvalue weighted by atomic mass is 79.9. The van der Waals surface area contributed by atoms with E-state index in [1.165, 1.54) is 0 Å². The second kappa shape index (κ2) is 4.80. The van der Waals surface area contributed by atoms with E-state index in [1.807, 2.05) is 0 Å². The van der Waals surface area contributed by atoms with Crippen molar-refractivity contribution < 1.29 is 4.42 Å². The Morgan fingerprint density at radius 1 is 1.19 bits per heavy atom. The van der Waals surface area contributed by atoms with E-state index in [9.17, 15) is 0 Å². The van der Waals surface area contributed by atoms with Crippen LogP contribution in [-0.2, 0) is 0 Å². The average molecular weight is 321 g/mol. The van der Waals surface area contributed by atoms with Crippen molar-refractivity contribution >= 4 is 39.1 Å². The Morgan fingerprint density at radius 3 is 2.56 bits per heavy atom. The number of benzene rings is 1. The molecule has 0 radical (unpaired) electrons. The Balaban J connectivity index is 2.45. The summed E-state index contributed by atoms with van der Waals surface area (Å²) in [5.41, 5.74) is 7.71. The summed E-state index contributed by atoms with van der Waals surface area (Å²) in [4.78, 5) is 0. The Bertz CT molecular complexity index is 512. The normalized spacial score (nSPS) is 12.8. The van der Waals surface area contributed by atoms with Crippen LogP contribution in [0.3, 0.4) is 0 Å². The minimum absolute atomic E-state index is 0.362. The van der Waals surface area contributed by atoms with E-state index in [0.717, 1.165) is 11.1 Å². The van der Waals surface area contributed by atoms with Crippen LogP contribution in [0.15, 0.2) is 39.6 Å². The molecule has 0 saturated heterocycles. The predicted octanol–water partition coefficient (Wildman–Crippen LogP) is 4.40. The first kappa shape index (κ1) is 12.0. The van der Waals surface area contributed by atoms with Gasteiger partial charge in [-0.15, -0.1) is 0 Å². The molecule has 0 saturated carbocycles. The molecule has 0 spiro atoms. The van der Waals surface area contributed by atoms with Gasteiger partial charge in [0.1, 0.15) is 0 Å². The molecule has 2 nitrogen and oxygen atoms in total. The van der Waals surface area contributed by atoms with Gasteiger partial charge in [0.2, 0.25) is 0 Å². The Morgan fingerprint density at radius 2 is 1.94 bits per heavy atom. The molecule has 1 aromatic carbocycles. The fraction of sp³-hybridized carbons (Fsp3) is 0.0909. The van der Waals surface area contributed by atoms with Crippen molar-refractivity contribution in [2.45, 2.75) is 6.04 Å². The summed E-state index contributed by atoms with van der Waals surface area (Å²) in [6.07, 6.45) is 1.57. The van der Waals surface area contributed by atoms with Gasteiger partial charge in [-0.25, -0.2) is 0 Å². The summed E-state index contributed by atoms with van der Waals surface area (Å²) in [5, 5.41) is 1.19. The number of halogens is 3. The van der Waals surface area contributed by atoms with E-state index in [1.54, 1.807) is 30.5 Å². The maximum atomic E-state index is 6.10. The van der Waals surface area contributed by atoms with Crippen LogP contribution in [0.4, 0.5) is 0 Å². The summed E-state index contributed by atoms with van der Waals surface area (Å²) < 4.78 is 5.75. The van der Waals surface area contributed by atoms with Gasteiger partial charge in [-0.3, -0.25) is 0 Å². The second-order valence-corrected chi connectivity index (χ2v) is 4.86. The fourth-order valence-corrected chi connectivity index (χ4v) is 2.35. The van der Waals surface area contributed by atoms with Crippen molar-refractivity contribution in [3.05, 3.63) is 56.4 Å². The van der Waals surface area contributed by atoms with Crippen molar-refractivity contribution in [3.63, 3.8) is 0 Å². The number of rotatable bonds is 2.